The van der Waals surface area contributed by atoms with Crippen molar-refractivity contribution >= 4 is 44.5 Å². The van der Waals surface area contributed by atoms with Gasteiger partial charge in [0.25, 0.3) is 0 Å². The van der Waals surface area contributed by atoms with Crippen LogP contribution in [0, 0.1) is 3.57 Å². The van der Waals surface area contributed by atoms with E-state index in [-0.39, 0.29) is 17.5 Å². The molecule has 5 nitrogen and oxygen atoms in total. The highest BCUT2D eigenvalue weighted by Crippen LogP contribution is 2.33. The molecular formula is C12H9BrINO4. The van der Waals surface area contributed by atoms with Gasteiger partial charge in [-0.1, -0.05) is 0 Å². The number of halogens is 2. The molecule has 1 heterocycles. The fraction of sp³-hybridized carbons (Fsp3) is 0.167. The van der Waals surface area contributed by atoms with Crippen LogP contribution in [0.15, 0.2) is 27.1 Å². The minimum Gasteiger partial charge on any atom is -0.476 e. The van der Waals surface area contributed by atoms with Crippen LogP contribution >= 0.6 is 38.5 Å². The van der Waals surface area contributed by atoms with Crippen LogP contribution in [0.25, 0.3) is 11.5 Å². The number of ether oxygens (including phenoxy) is 1. The standard InChI is InChI=1S/C12H9BrINO4/c1-2-18-12-9(11(16)17)15-10(19-12)7-5-6(14)3-4-8(7)13/h3-5H,2H2,1H3,(H,16,17). The van der Waals surface area contributed by atoms with Crippen molar-refractivity contribution in [3.8, 4) is 17.4 Å². The summed E-state index contributed by atoms with van der Waals surface area (Å²) >= 11 is 5.54. The first-order valence-corrected chi connectivity index (χ1v) is 7.22. The predicted octanol–water partition coefficient (Wildman–Crippen LogP) is 3.81. The highest BCUT2D eigenvalue weighted by atomic mass is 127. The monoisotopic (exact) mass is 437 g/mol. The zero-order valence-corrected chi connectivity index (χ0v) is 13.6. The number of oxazole rings is 1. The average molecular weight is 438 g/mol. The summed E-state index contributed by atoms with van der Waals surface area (Å²) in [6, 6.07) is 5.61. The molecule has 0 radical (unpaired) electrons. The molecule has 1 aromatic heterocycles. The summed E-state index contributed by atoms with van der Waals surface area (Å²) in [5.41, 5.74) is 0.461. The lowest BCUT2D eigenvalue weighted by Gasteiger charge is -2.00. The molecule has 0 aliphatic rings. The van der Waals surface area contributed by atoms with E-state index in [1.807, 2.05) is 18.2 Å². The number of aromatic nitrogens is 1. The number of hydrogen-bond acceptors (Lipinski definition) is 4. The maximum atomic E-state index is 11.1. The van der Waals surface area contributed by atoms with Gasteiger partial charge in [-0.05, 0) is 63.6 Å². The second-order valence-electron chi connectivity index (χ2n) is 3.52. The van der Waals surface area contributed by atoms with Gasteiger partial charge in [-0.2, -0.15) is 4.98 Å². The zero-order chi connectivity index (χ0) is 14.0. The first kappa shape index (κ1) is 14.3. The maximum absolute atomic E-state index is 11.1. The molecule has 2 rings (SSSR count). The van der Waals surface area contributed by atoms with Crippen LogP contribution in [-0.4, -0.2) is 22.7 Å². The number of rotatable bonds is 4. The molecule has 0 amide bonds. The lowest BCUT2D eigenvalue weighted by atomic mass is 10.2. The molecule has 0 fully saturated rings. The van der Waals surface area contributed by atoms with Crippen molar-refractivity contribution in [3.05, 3.63) is 31.9 Å². The van der Waals surface area contributed by atoms with Gasteiger partial charge >= 0.3 is 11.9 Å². The molecule has 0 spiro atoms. The fourth-order valence-electron chi connectivity index (χ4n) is 1.45. The highest BCUT2D eigenvalue weighted by molar-refractivity contribution is 14.1. The lowest BCUT2D eigenvalue weighted by molar-refractivity contribution is 0.0683. The Balaban J connectivity index is 2.53. The predicted molar refractivity (Wildman–Crippen MR) is 80.5 cm³/mol. The molecule has 7 heteroatoms. The van der Waals surface area contributed by atoms with Crippen molar-refractivity contribution in [3.63, 3.8) is 0 Å². The number of benzene rings is 1. The van der Waals surface area contributed by atoms with Gasteiger partial charge in [0, 0.05) is 8.04 Å². The van der Waals surface area contributed by atoms with Crippen LogP contribution in [0.2, 0.25) is 0 Å². The summed E-state index contributed by atoms with van der Waals surface area (Å²) in [6.07, 6.45) is 0. The van der Waals surface area contributed by atoms with E-state index < -0.39 is 5.97 Å². The van der Waals surface area contributed by atoms with Crippen molar-refractivity contribution in [1.29, 1.82) is 0 Å². The van der Waals surface area contributed by atoms with E-state index in [4.69, 9.17) is 14.3 Å². The molecule has 0 saturated heterocycles. The Morgan fingerprint density at radius 1 is 1.58 bits per heavy atom. The van der Waals surface area contributed by atoms with Crippen LogP contribution < -0.4 is 4.74 Å². The molecule has 0 atom stereocenters. The van der Waals surface area contributed by atoms with E-state index in [0.29, 0.717) is 12.2 Å². The largest absolute Gasteiger partial charge is 0.476 e. The minimum absolute atomic E-state index is 0.0734. The molecule has 0 aliphatic heterocycles. The maximum Gasteiger partial charge on any atom is 0.362 e. The second kappa shape index (κ2) is 5.91. The third-order valence-corrected chi connectivity index (χ3v) is 3.60. The van der Waals surface area contributed by atoms with Crippen LogP contribution in [0.4, 0.5) is 0 Å². The molecule has 0 unspecified atom stereocenters. The Bertz CT molecular complexity index is 626. The van der Waals surface area contributed by atoms with Crippen LogP contribution in [0.1, 0.15) is 17.4 Å². The first-order chi connectivity index (χ1) is 9.02. The van der Waals surface area contributed by atoms with Crippen LogP contribution in [0.5, 0.6) is 5.95 Å². The van der Waals surface area contributed by atoms with Gasteiger partial charge < -0.3 is 14.3 Å². The highest BCUT2D eigenvalue weighted by Gasteiger charge is 2.22. The van der Waals surface area contributed by atoms with Crippen molar-refractivity contribution < 1.29 is 19.1 Å². The minimum atomic E-state index is -1.18. The third-order valence-electron chi connectivity index (χ3n) is 2.23. The Morgan fingerprint density at radius 2 is 2.32 bits per heavy atom. The third kappa shape index (κ3) is 3.08. The van der Waals surface area contributed by atoms with Crippen molar-refractivity contribution in [2.45, 2.75) is 6.92 Å². The molecule has 0 saturated carbocycles. The summed E-state index contributed by atoms with van der Waals surface area (Å²) in [5.74, 6) is -1.04. The molecule has 100 valence electrons. The number of aromatic carboxylic acids is 1. The van der Waals surface area contributed by atoms with Crippen molar-refractivity contribution in [2.75, 3.05) is 6.61 Å². The smallest absolute Gasteiger partial charge is 0.362 e. The van der Waals surface area contributed by atoms with E-state index in [1.54, 1.807) is 6.92 Å². The van der Waals surface area contributed by atoms with Crippen molar-refractivity contribution in [1.82, 2.24) is 4.98 Å². The number of carbonyl (C=O) groups is 1. The number of carboxylic acid groups (broad SMARTS) is 1. The number of nitrogens with zero attached hydrogens (tertiary/aromatic N) is 1. The normalized spacial score (nSPS) is 10.5. The molecular weight excluding hydrogens is 429 g/mol. The Morgan fingerprint density at radius 3 is 2.95 bits per heavy atom. The van der Waals surface area contributed by atoms with E-state index in [9.17, 15) is 4.79 Å². The van der Waals surface area contributed by atoms with Gasteiger partial charge in [0.2, 0.25) is 11.6 Å². The van der Waals surface area contributed by atoms with Gasteiger partial charge in [-0.3, -0.25) is 0 Å². The molecule has 1 N–H and O–H groups in total. The van der Waals surface area contributed by atoms with E-state index >= 15 is 0 Å². The molecule has 1 aromatic carbocycles. The Hall–Kier alpha value is -1.09. The van der Waals surface area contributed by atoms with Crippen molar-refractivity contribution in [2.24, 2.45) is 0 Å². The van der Waals surface area contributed by atoms with Gasteiger partial charge in [-0.15, -0.1) is 0 Å². The van der Waals surface area contributed by atoms with Crippen LogP contribution in [-0.2, 0) is 0 Å². The fourth-order valence-corrected chi connectivity index (χ4v) is 2.35. The van der Waals surface area contributed by atoms with E-state index in [0.717, 1.165) is 8.04 Å². The molecule has 19 heavy (non-hydrogen) atoms. The summed E-state index contributed by atoms with van der Waals surface area (Å²) < 4.78 is 12.3. The van der Waals surface area contributed by atoms with E-state index in [2.05, 4.69) is 43.5 Å². The van der Waals surface area contributed by atoms with Crippen LogP contribution in [0.3, 0.4) is 0 Å². The summed E-state index contributed by atoms with van der Waals surface area (Å²) in [4.78, 5) is 15.1. The Kier molecular flexibility index (Phi) is 4.46. The van der Waals surface area contributed by atoms with E-state index in [1.165, 1.54) is 0 Å². The molecule has 0 bridgehead atoms. The number of hydrogen-bond donors (Lipinski definition) is 1. The zero-order valence-electron chi connectivity index (χ0n) is 9.81. The Labute approximate surface area is 131 Å². The average Bonchev–Trinajstić information content (AvgIpc) is 2.77. The number of carboxylic acids is 1. The first-order valence-electron chi connectivity index (χ1n) is 5.35. The van der Waals surface area contributed by atoms with Gasteiger partial charge in [-0.25, -0.2) is 4.79 Å². The summed E-state index contributed by atoms with van der Waals surface area (Å²) in [6.45, 7) is 2.05. The van der Waals surface area contributed by atoms with Gasteiger partial charge in [0.05, 0.1) is 12.2 Å². The summed E-state index contributed by atoms with van der Waals surface area (Å²) in [5, 5.41) is 9.06. The lowest BCUT2D eigenvalue weighted by Crippen LogP contribution is -2.01. The topological polar surface area (TPSA) is 72.6 Å². The van der Waals surface area contributed by atoms with Gasteiger partial charge in [0.15, 0.2) is 0 Å². The second-order valence-corrected chi connectivity index (χ2v) is 5.62. The molecule has 0 aliphatic carbocycles. The quantitative estimate of drug-likeness (QED) is 0.736. The van der Waals surface area contributed by atoms with Gasteiger partial charge in [0.1, 0.15) is 0 Å². The summed E-state index contributed by atoms with van der Waals surface area (Å²) in [7, 11) is 0. The molecule has 2 aromatic rings. The SMILES string of the molecule is CCOc1oc(-c2cc(I)ccc2Br)nc1C(=O)O.